The van der Waals surface area contributed by atoms with E-state index in [-0.39, 0.29) is 0 Å². The van der Waals surface area contributed by atoms with Gasteiger partial charge in [-0.1, -0.05) is 6.92 Å². The van der Waals surface area contributed by atoms with Crippen molar-refractivity contribution >= 4 is 22.6 Å². The van der Waals surface area contributed by atoms with E-state index in [0.717, 1.165) is 56.3 Å². The zero-order valence-corrected chi connectivity index (χ0v) is 11.7. The highest BCUT2D eigenvalue weighted by atomic mass is 32.1. The summed E-state index contributed by atoms with van der Waals surface area (Å²) in [6.45, 7) is 8.75. The SMILES string of the molecule is CC1CCN(c2nsc(N3CCNCC3)n2)CC1. The molecule has 2 aliphatic rings. The highest BCUT2D eigenvalue weighted by molar-refractivity contribution is 7.09. The first-order valence-electron chi connectivity index (χ1n) is 6.87. The first kappa shape index (κ1) is 12.2. The Morgan fingerprint density at radius 1 is 1.11 bits per heavy atom. The van der Waals surface area contributed by atoms with Gasteiger partial charge >= 0.3 is 0 Å². The van der Waals surface area contributed by atoms with E-state index in [2.05, 4.69) is 26.4 Å². The average Bonchev–Trinajstić information content (AvgIpc) is 2.90. The van der Waals surface area contributed by atoms with Gasteiger partial charge in [-0.2, -0.15) is 9.36 Å². The summed E-state index contributed by atoms with van der Waals surface area (Å²) in [6, 6.07) is 0. The van der Waals surface area contributed by atoms with Gasteiger partial charge in [0.25, 0.3) is 0 Å². The Balaban J connectivity index is 1.65. The quantitative estimate of drug-likeness (QED) is 0.872. The minimum absolute atomic E-state index is 0.854. The number of hydrogen-bond acceptors (Lipinski definition) is 6. The van der Waals surface area contributed by atoms with Gasteiger partial charge < -0.3 is 15.1 Å². The van der Waals surface area contributed by atoms with E-state index in [1.165, 1.54) is 12.8 Å². The zero-order valence-electron chi connectivity index (χ0n) is 10.9. The van der Waals surface area contributed by atoms with Crippen LogP contribution in [0.2, 0.25) is 0 Å². The maximum atomic E-state index is 4.71. The number of aromatic nitrogens is 2. The maximum absolute atomic E-state index is 4.71. The second kappa shape index (κ2) is 5.40. The molecule has 0 atom stereocenters. The maximum Gasteiger partial charge on any atom is 0.239 e. The molecule has 2 aliphatic heterocycles. The lowest BCUT2D eigenvalue weighted by Crippen LogP contribution is -2.43. The molecular formula is C12H21N5S. The van der Waals surface area contributed by atoms with Crippen LogP contribution in [-0.2, 0) is 0 Å². The fourth-order valence-electron chi connectivity index (χ4n) is 2.53. The standard InChI is InChI=1S/C12H21N5S/c1-10-2-6-16(7-3-10)11-14-12(18-15-11)17-8-4-13-5-9-17/h10,13H,2-9H2,1H3. The first-order chi connectivity index (χ1) is 8.83. The number of rotatable bonds is 2. The summed E-state index contributed by atoms with van der Waals surface area (Å²) >= 11 is 1.55. The molecule has 1 aromatic rings. The molecule has 5 nitrogen and oxygen atoms in total. The predicted molar refractivity (Wildman–Crippen MR) is 75.6 cm³/mol. The van der Waals surface area contributed by atoms with Crippen LogP contribution < -0.4 is 15.1 Å². The molecule has 0 radical (unpaired) electrons. The largest absolute Gasteiger partial charge is 0.344 e. The third kappa shape index (κ3) is 2.59. The third-order valence-electron chi connectivity index (χ3n) is 3.86. The van der Waals surface area contributed by atoms with Crippen LogP contribution >= 0.6 is 11.5 Å². The lowest BCUT2D eigenvalue weighted by atomic mass is 10.00. The van der Waals surface area contributed by atoms with Gasteiger partial charge in [0.2, 0.25) is 11.1 Å². The fraction of sp³-hybridized carbons (Fsp3) is 0.833. The number of nitrogens with zero attached hydrogens (tertiary/aromatic N) is 4. The Hall–Kier alpha value is -0.880. The highest BCUT2D eigenvalue weighted by Gasteiger charge is 2.21. The second-order valence-electron chi connectivity index (χ2n) is 5.28. The first-order valence-corrected chi connectivity index (χ1v) is 7.64. The Morgan fingerprint density at radius 3 is 2.56 bits per heavy atom. The third-order valence-corrected chi connectivity index (χ3v) is 4.63. The molecule has 3 rings (SSSR count). The molecule has 1 N–H and O–H groups in total. The smallest absolute Gasteiger partial charge is 0.239 e. The Labute approximate surface area is 112 Å². The summed E-state index contributed by atoms with van der Waals surface area (Å²) in [5.74, 6) is 1.80. The summed E-state index contributed by atoms with van der Waals surface area (Å²) in [5, 5.41) is 4.45. The van der Waals surface area contributed by atoms with Gasteiger partial charge in [0.05, 0.1) is 0 Å². The van der Waals surface area contributed by atoms with E-state index in [4.69, 9.17) is 4.98 Å². The molecule has 1 aromatic heterocycles. The van der Waals surface area contributed by atoms with Gasteiger partial charge in [0.1, 0.15) is 0 Å². The van der Waals surface area contributed by atoms with Crippen molar-refractivity contribution in [2.75, 3.05) is 49.1 Å². The van der Waals surface area contributed by atoms with E-state index in [9.17, 15) is 0 Å². The van der Waals surface area contributed by atoms with Crippen LogP contribution in [0.4, 0.5) is 11.1 Å². The minimum Gasteiger partial charge on any atom is -0.344 e. The topological polar surface area (TPSA) is 44.3 Å². The zero-order chi connectivity index (χ0) is 12.4. The molecule has 0 bridgehead atoms. The molecule has 0 spiro atoms. The summed E-state index contributed by atoms with van der Waals surface area (Å²) in [7, 11) is 0. The molecule has 18 heavy (non-hydrogen) atoms. The lowest BCUT2D eigenvalue weighted by molar-refractivity contribution is 0.435. The summed E-state index contributed by atoms with van der Waals surface area (Å²) in [4.78, 5) is 9.39. The number of nitrogens with one attached hydrogen (secondary N) is 1. The monoisotopic (exact) mass is 267 g/mol. The van der Waals surface area contributed by atoms with Crippen molar-refractivity contribution in [3.8, 4) is 0 Å². The van der Waals surface area contributed by atoms with Gasteiger partial charge in [-0.05, 0) is 18.8 Å². The molecule has 0 aliphatic carbocycles. The van der Waals surface area contributed by atoms with Crippen LogP contribution in [0, 0.1) is 5.92 Å². The Morgan fingerprint density at radius 2 is 1.83 bits per heavy atom. The minimum atomic E-state index is 0.854. The van der Waals surface area contributed by atoms with Crippen molar-refractivity contribution in [2.45, 2.75) is 19.8 Å². The van der Waals surface area contributed by atoms with Gasteiger partial charge in [0.15, 0.2) is 0 Å². The van der Waals surface area contributed by atoms with E-state index in [0.29, 0.717) is 0 Å². The Bertz CT molecular complexity index is 380. The molecule has 0 saturated carbocycles. The van der Waals surface area contributed by atoms with E-state index < -0.39 is 0 Å². The predicted octanol–water partition coefficient (Wildman–Crippen LogP) is 1.18. The van der Waals surface area contributed by atoms with Crippen LogP contribution in [0.3, 0.4) is 0 Å². The van der Waals surface area contributed by atoms with Crippen molar-refractivity contribution in [1.29, 1.82) is 0 Å². The number of piperazine rings is 1. The van der Waals surface area contributed by atoms with Crippen LogP contribution in [0.25, 0.3) is 0 Å². The molecule has 2 fully saturated rings. The Kier molecular flexibility index (Phi) is 3.65. The number of hydrogen-bond donors (Lipinski definition) is 1. The van der Waals surface area contributed by atoms with Gasteiger partial charge in [-0.15, -0.1) is 0 Å². The summed E-state index contributed by atoms with van der Waals surface area (Å²) in [5.41, 5.74) is 0. The lowest BCUT2D eigenvalue weighted by Gasteiger charge is -2.29. The van der Waals surface area contributed by atoms with E-state index in [1.54, 1.807) is 11.5 Å². The molecule has 3 heterocycles. The van der Waals surface area contributed by atoms with Crippen LogP contribution in [0.5, 0.6) is 0 Å². The van der Waals surface area contributed by atoms with Crippen molar-refractivity contribution < 1.29 is 0 Å². The molecule has 0 aromatic carbocycles. The summed E-state index contributed by atoms with van der Waals surface area (Å²) < 4.78 is 4.53. The molecule has 2 saturated heterocycles. The van der Waals surface area contributed by atoms with Crippen molar-refractivity contribution in [1.82, 2.24) is 14.7 Å². The van der Waals surface area contributed by atoms with Crippen LogP contribution in [-0.4, -0.2) is 48.6 Å². The average molecular weight is 267 g/mol. The van der Waals surface area contributed by atoms with E-state index in [1.807, 2.05) is 0 Å². The van der Waals surface area contributed by atoms with Crippen molar-refractivity contribution in [2.24, 2.45) is 5.92 Å². The van der Waals surface area contributed by atoms with E-state index >= 15 is 0 Å². The molecule has 0 unspecified atom stereocenters. The van der Waals surface area contributed by atoms with Gasteiger partial charge in [-0.3, -0.25) is 0 Å². The molecule has 0 amide bonds. The summed E-state index contributed by atoms with van der Waals surface area (Å²) in [6.07, 6.45) is 2.53. The normalized spacial score (nSPS) is 22.5. The van der Waals surface area contributed by atoms with Crippen LogP contribution in [0.1, 0.15) is 19.8 Å². The fourth-order valence-corrected chi connectivity index (χ4v) is 3.27. The number of piperidine rings is 1. The molecule has 100 valence electrons. The second-order valence-corrected chi connectivity index (χ2v) is 6.01. The van der Waals surface area contributed by atoms with Crippen molar-refractivity contribution in [3.63, 3.8) is 0 Å². The number of anilines is 2. The van der Waals surface area contributed by atoms with Gasteiger partial charge in [0, 0.05) is 50.8 Å². The highest BCUT2D eigenvalue weighted by Crippen LogP contribution is 2.25. The molecule has 6 heteroatoms. The van der Waals surface area contributed by atoms with Crippen LogP contribution in [0.15, 0.2) is 0 Å². The van der Waals surface area contributed by atoms with Crippen molar-refractivity contribution in [3.05, 3.63) is 0 Å². The van der Waals surface area contributed by atoms with Gasteiger partial charge in [-0.25, -0.2) is 0 Å². The molecular weight excluding hydrogens is 246 g/mol.